The van der Waals surface area contributed by atoms with Crippen LogP contribution in [0.1, 0.15) is 85.9 Å². The molecule has 4 aliphatic rings. The van der Waals surface area contributed by atoms with Crippen LogP contribution in [0.15, 0.2) is 47.0 Å². The Labute approximate surface area is 279 Å². The average molecular weight is 702 g/mol. The molecule has 15 heteroatoms. The minimum atomic E-state index is -4.83. The topological polar surface area (TPSA) is 127 Å². The first kappa shape index (κ1) is 31.6. The number of sulfonamides is 1. The van der Waals surface area contributed by atoms with Crippen LogP contribution >= 0.6 is 11.3 Å². The summed E-state index contributed by atoms with van der Waals surface area (Å²) in [5, 5.41) is 8.79. The third-order valence-electron chi connectivity index (χ3n) is 10.1. The summed E-state index contributed by atoms with van der Waals surface area (Å²) in [6.07, 6.45) is 1.92. The number of ether oxygens (including phenoxy) is 1. The molecule has 8 rings (SSSR count). The second-order valence-corrected chi connectivity index (χ2v) is 16.8. The molecule has 2 atom stereocenters. The Hall–Kier alpha value is -3.69. The van der Waals surface area contributed by atoms with Crippen molar-refractivity contribution in [3.05, 3.63) is 59.4 Å². The second-order valence-electron chi connectivity index (χ2n) is 13.6. The van der Waals surface area contributed by atoms with E-state index in [1.54, 1.807) is 37.3 Å². The number of benzene rings is 2. The van der Waals surface area contributed by atoms with Gasteiger partial charge in [-0.05, 0) is 88.6 Å². The number of fused-ring (bicyclic) bond motifs is 3. The Morgan fingerprint density at radius 3 is 2.52 bits per heavy atom. The van der Waals surface area contributed by atoms with Crippen LogP contribution in [0.5, 0.6) is 5.75 Å². The van der Waals surface area contributed by atoms with E-state index in [4.69, 9.17) is 9.51 Å². The van der Waals surface area contributed by atoms with Crippen molar-refractivity contribution < 1.29 is 35.6 Å². The number of nitrogens with one attached hydrogen (secondary N) is 2. The number of rotatable bonds is 10. The van der Waals surface area contributed by atoms with Crippen LogP contribution in [-0.4, -0.2) is 53.7 Å². The molecule has 2 aromatic carbocycles. The van der Waals surface area contributed by atoms with Gasteiger partial charge in [-0.25, -0.2) is 18.1 Å². The van der Waals surface area contributed by atoms with E-state index in [2.05, 4.69) is 24.8 Å². The molecule has 2 saturated carbocycles. The van der Waals surface area contributed by atoms with Crippen LogP contribution in [0.3, 0.4) is 0 Å². The molecular weight excluding hydrogens is 668 g/mol. The van der Waals surface area contributed by atoms with Crippen molar-refractivity contribution in [3.63, 3.8) is 0 Å². The lowest BCUT2D eigenvalue weighted by atomic mass is 9.97. The Morgan fingerprint density at radius 1 is 1.10 bits per heavy atom. The summed E-state index contributed by atoms with van der Waals surface area (Å²) >= 11 is 1.50. The van der Waals surface area contributed by atoms with Gasteiger partial charge in [-0.1, -0.05) is 28.6 Å². The molecule has 2 aromatic heterocycles. The third kappa shape index (κ3) is 5.93. The lowest BCUT2D eigenvalue weighted by Gasteiger charge is -2.39. The molecule has 2 aliphatic carbocycles. The first-order valence-electron chi connectivity index (χ1n) is 16.2. The van der Waals surface area contributed by atoms with E-state index >= 15 is 0 Å². The highest BCUT2D eigenvalue weighted by Crippen LogP contribution is 2.47. The van der Waals surface area contributed by atoms with Crippen LogP contribution < -0.4 is 19.7 Å². The van der Waals surface area contributed by atoms with Crippen LogP contribution in [0, 0.1) is 0 Å². The van der Waals surface area contributed by atoms with Crippen LogP contribution in [0.2, 0.25) is 0 Å². The maximum absolute atomic E-state index is 13.2. The Bertz CT molecular complexity index is 1990. The Kier molecular flexibility index (Phi) is 7.53. The number of alkyl halides is 3. The zero-order chi connectivity index (χ0) is 33.4. The summed E-state index contributed by atoms with van der Waals surface area (Å²) in [7, 11) is -3.74. The van der Waals surface area contributed by atoms with Gasteiger partial charge in [0.25, 0.3) is 5.91 Å². The van der Waals surface area contributed by atoms with Gasteiger partial charge in [-0.15, -0.1) is 13.2 Å². The van der Waals surface area contributed by atoms with E-state index in [0.29, 0.717) is 25.1 Å². The highest BCUT2D eigenvalue weighted by atomic mass is 32.2. The molecule has 2 saturated heterocycles. The first-order chi connectivity index (χ1) is 22.9. The van der Waals surface area contributed by atoms with Crippen molar-refractivity contribution in [3.8, 4) is 17.0 Å². The number of amides is 1. The molecule has 0 spiro atoms. The number of hydrogen-bond donors (Lipinski definition) is 2. The van der Waals surface area contributed by atoms with E-state index in [9.17, 15) is 26.4 Å². The van der Waals surface area contributed by atoms with Crippen LogP contribution in [0.4, 0.5) is 18.3 Å². The number of anilines is 1. The number of halogens is 3. The highest BCUT2D eigenvalue weighted by Gasteiger charge is 2.51. The molecular formula is C33H34F3N5O5S2. The van der Waals surface area contributed by atoms with E-state index in [-0.39, 0.29) is 40.9 Å². The molecule has 254 valence electrons. The molecule has 4 aromatic rings. The zero-order valence-corrected chi connectivity index (χ0v) is 27.7. The minimum absolute atomic E-state index is 0.176. The van der Waals surface area contributed by atoms with Gasteiger partial charge in [0.1, 0.15) is 17.2 Å². The van der Waals surface area contributed by atoms with Gasteiger partial charge < -0.3 is 19.5 Å². The van der Waals surface area contributed by atoms with Crippen molar-refractivity contribution in [1.82, 2.24) is 20.2 Å². The number of carbonyl (C=O) groups is 1. The monoisotopic (exact) mass is 701 g/mol. The second kappa shape index (κ2) is 11.4. The van der Waals surface area contributed by atoms with Gasteiger partial charge in [-0.2, -0.15) is 0 Å². The average Bonchev–Trinajstić information content (AvgIpc) is 3.91. The van der Waals surface area contributed by atoms with Crippen molar-refractivity contribution >= 4 is 42.6 Å². The SMILES string of the molecule is CC1(S(=O)(=O)NC(=O)c2ccc3nc(N4C5CCC4CC(NCc4c(-c6ccccc6OC(F)(F)F)noc4C4CC4)C5)sc3c2)CC1. The summed E-state index contributed by atoms with van der Waals surface area (Å²) in [6.45, 7) is 2.05. The molecule has 2 bridgehead atoms. The van der Waals surface area contributed by atoms with E-state index < -0.39 is 27.0 Å². The predicted molar refractivity (Wildman–Crippen MR) is 173 cm³/mol. The highest BCUT2D eigenvalue weighted by molar-refractivity contribution is 7.91. The Morgan fingerprint density at radius 2 is 1.83 bits per heavy atom. The number of carbonyl (C=O) groups excluding carboxylic acids is 1. The van der Waals surface area contributed by atoms with E-state index in [1.165, 1.54) is 23.5 Å². The Balaban J connectivity index is 0.970. The van der Waals surface area contributed by atoms with Crippen molar-refractivity contribution in [1.29, 1.82) is 0 Å². The largest absolute Gasteiger partial charge is 0.573 e. The molecule has 4 heterocycles. The summed E-state index contributed by atoms with van der Waals surface area (Å²) < 4.78 is 76.9. The number of hydrogen-bond acceptors (Lipinski definition) is 10. The smallest absolute Gasteiger partial charge is 0.405 e. The summed E-state index contributed by atoms with van der Waals surface area (Å²) in [5.74, 6) is -0.00605. The molecule has 0 radical (unpaired) electrons. The number of thiazole rings is 1. The number of para-hydroxylation sites is 1. The first-order valence-corrected chi connectivity index (χ1v) is 18.5. The van der Waals surface area contributed by atoms with Gasteiger partial charge in [0.05, 0.1) is 15.0 Å². The van der Waals surface area contributed by atoms with E-state index in [0.717, 1.165) is 65.2 Å². The van der Waals surface area contributed by atoms with E-state index in [1.807, 2.05) is 0 Å². The summed E-state index contributed by atoms with van der Waals surface area (Å²) in [4.78, 5) is 20.1. The van der Waals surface area contributed by atoms with Gasteiger partial charge in [0.2, 0.25) is 10.0 Å². The molecule has 2 N–H and O–H groups in total. The number of aromatic nitrogens is 2. The fourth-order valence-electron chi connectivity index (χ4n) is 7.06. The minimum Gasteiger partial charge on any atom is -0.405 e. The molecule has 10 nitrogen and oxygen atoms in total. The molecule has 2 unspecified atom stereocenters. The van der Waals surface area contributed by atoms with Crippen molar-refractivity contribution in [2.45, 2.75) is 100.0 Å². The maximum atomic E-state index is 13.2. The van der Waals surface area contributed by atoms with Gasteiger partial charge in [-0.3, -0.25) is 4.79 Å². The summed E-state index contributed by atoms with van der Waals surface area (Å²) in [5.41, 5.74) is 2.42. The maximum Gasteiger partial charge on any atom is 0.573 e. The molecule has 1 amide bonds. The third-order valence-corrected chi connectivity index (χ3v) is 13.3. The number of piperidine rings is 1. The van der Waals surface area contributed by atoms with Crippen molar-refractivity contribution in [2.75, 3.05) is 4.90 Å². The quantitative estimate of drug-likeness (QED) is 0.187. The van der Waals surface area contributed by atoms with Gasteiger partial charge >= 0.3 is 6.36 Å². The fraction of sp³-hybridized carbons (Fsp3) is 0.485. The predicted octanol–water partition coefficient (Wildman–Crippen LogP) is 6.63. The number of nitrogens with zero attached hydrogens (tertiary/aromatic N) is 3. The summed E-state index contributed by atoms with van der Waals surface area (Å²) in [6, 6.07) is 11.8. The molecule has 4 fully saturated rings. The fourth-order valence-corrected chi connectivity index (χ4v) is 9.46. The molecule has 48 heavy (non-hydrogen) atoms. The van der Waals surface area contributed by atoms with Crippen LogP contribution in [0.25, 0.3) is 21.5 Å². The van der Waals surface area contributed by atoms with Crippen molar-refractivity contribution in [2.24, 2.45) is 0 Å². The van der Waals surface area contributed by atoms with Gasteiger partial charge in [0, 0.05) is 47.3 Å². The zero-order valence-electron chi connectivity index (χ0n) is 26.0. The normalized spacial score (nSPS) is 23.4. The lowest BCUT2D eigenvalue weighted by molar-refractivity contribution is -0.274. The standard InChI is InChI=1S/C33H34F3N5O5S2/c1-32(12-13-32)48(43,44)40-30(42)19-8-11-25-27(14-19)47-31(38-25)41-21-9-10-22(41)16-20(15-21)37-17-24-28(39-46-29(24)18-6-7-18)23-4-2-3-5-26(23)45-33(34,35)36/h2-5,8,11,14,18,20-22,37H,6-7,9-10,12-13,15-17H2,1H3,(H,40,42). The lowest BCUT2D eigenvalue weighted by Crippen LogP contribution is -2.49. The van der Waals surface area contributed by atoms with Gasteiger partial charge in [0.15, 0.2) is 5.13 Å². The van der Waals surface area contributed by atoms with Crippen LogP contribution in [-0.2, 0) is 16.6 Å². The molecule has 2 aliphatic heterocycles.